The minimum Gasteiger partial charge on any atom is -0.495 e. The van der Waals surface area contributed by atoms with E-state index in [2.05, 4.69) is 27.4 Å². The maximum absolute atomic E-state index is 6.30. The Morgan fingerprint density at radius 3 is 2.93 bits per heavy atom. The number of piperidine rings is 1. The monoisotopic (exact) mass is 390 g/mol. The summed E-state index contributed by atoms with van der Waals surface area (Å²) in [7, 11) is 1.66. The fraction of sp³-hybridized carbons (Fsp3) is 0.435. The molecule has 6 nitrogen and oxygen atoms in total. The van der Waals surface area contributed by atoms with Gasteiger partial charge in [-0.05, 0) is 56.1 Å². The molecule has 4 heterocycles. The lowest BCUT2D eigenvalue weighted by atomic mass is 9.92. The fourth-order valence-electron chi connectivity index (χ4n) is 4.23. The maximum Gasteiger partial charge on any atom is 0.217 e. The Kier molecular flexibility index (Phi) is 5.02. The second-order valence-corrected chi connectivity index (χ2v) is 8.00. The number of nitrogens with one attached hydrogen (secondary N) is 1. The maximum atomic E-state index is 6.30. The molecule has 1 saturated carbocycles. The van der Waals surface area contributed by atoms with Crippen LogP contribution in [0.15, 0.2) is 42.7 Å². The summed E-state index contributed by atoms with van der Waals surface area (Å²) in [6, 6.07) is 10.1. The molecule has 1 N–H and O–H groups in total. The van der Waals surface area contributed by atoms with Gasteiger partial charge in [-0.3, -0.25) is 9.97 Å². The van der Waals surface area contributed by atoms with Crippen molar-refractivity contribution in [3.8, 4) is 11.6 Å². The topological polar surface area (TPSA) is 69.2 Å². The van der Waals surface area contributed by atoms with Crippen LogP contribution in [0.1, 0.15) is 42.4 Å². The summed E-state index contributed by atoms with van der Waals surface area (Å²) in [6.07, 6.45) is 7.06. The van der Waals surface area contributed by atoms with Crippen molar-refractivity contribution in [3.05, 3.63) is 54.0 Å². The highest BCUT2D eigenvalue weighted by Crippen LogP contribution is 2.47. The summed E-state index contributed by atoms with van der Waals surface area (Å²) < 4.78 is 11.5. The normalized spacial score (nSPS) is 23.7. The van der Waals surface area contributed by atoms with Crippen molar-refractivity contribution in [2.75, 3.05) is 26.8 Å². The molecule has 1 saturated heterocycles. The minimum atomic E-state index is 0.427. The molecule has 150 valence electrons. The Morgan fingerprint density at radius 2 is 2.14 bits per heavy atom. The van der Waals surface area contributed by atoms with Gasteiger partial charge in [-0.25, -0.2) is 4.98 Å². The zero-order chi connectivity index (χ0) is 19.6. The number of ether oxygens (including phenoxy) is 2. The average Bonchev–Trinajstić information content (AvgIpc) is 3.57. The van der Waals surface area contributed by atoms with Crippen molar-refractivity contribution >= 4 is 11.0 Å². The smallest absolute Gasteiger partial charge is 0.217 e. The van der Waals surface area contributed by atoms with Gasteiger partial charge in [0.1, 0.15) is 5.75 Å². The molecule has 6 heteroatoms. The first-order chi connectivity index (χ1) is 14.3. The fourth-order valence-corrected chi connectivity index (χ4v) is 4.23. The van der Waals surface area contributed by atoms with Crippen molar-refractivity contribution in [1.82, 2.24) is 20.3 Å². The van der Waals surface area contributed by atoms with E-state index in [0.717, 1.165) is 54.3 Å². The number of nitrogens with zero attached hydrogens (tertiary/aromatic N) is 3. The molecule has 1 aliphatic heterocycles. The van der Waals surface area contributed by atoms with Crippen LogP contribution in [0.2, 0.25) is 0 Å². The van der Waals surface area contributed by atoms with Crippen LogP contribution in [-0.2, 0) is 0 Å². The summed E-state index contributed by atoms with van der Waals surface area (Å²) >= 11 is 0. The summed E-state index contributed by atoms with van der Waals surface area (Å²) in [6.45, 7) is 2.73. The number of hydrogen-bond donors (Lipinski definition) is 1. The second-order valence-electron chi connectivity index (χ2n) is 8.00. The van der Waals surface area contributed by atoms with Crippen LogP contribution < -0.4 is 14.8 Å². The first-order valence-corrected chi connectivity index (χ1v) is 10.4. The number of pyridine rings is 3. The summed E-state index contributed by atoms with van der Waals surface area (Å²) in [4.78, 5) is 13.9. The Morgan fingerprint density at radius 1 is 1.17 bits per heavy atom. The van der Waals surface area contributed by atoms with E-state index in [1.807, 2.05) is 24.4 Å². The summed E-state index contributed by atoms with van der Waals surface area (Å²) in [5.74, 6) is 2.94. The quantitative estimate of drug-likeness (QED) is 0.692. The highest BCUT2D eigenvalue weighted by molar-refractivity contribution is 5.75. The lowest BCUT2D eigenvalue weighted by Gasteiger charge is -2.24. The van der Waals surface area contributed by atoms with Gasteiger partial charge in [0, 0.05) is 41.8 Å². The predicted molar refractivity (Wildman–Crippen MR) is 112 cm³/mol. The molecule has 2 aliphatic rings. The Balaban J connectivity index is 1.33. The summed E-state index contributed by atoms with van der Waals surface area (Å²) in [5.41, 5.74) is 4.13. The van der Waals surface area contributed by atoms with Gasteiger partial charge in [0.25, 0.3) is 0 Å². The van der Waals surface area contributed by atoms with Crippen molar-refractivity contribution in [2.24, 2.45) is 5.92 Å². The molecule has 3 aromatic heterocycles. The van der Waals surface area contributed by atoms with Crippen LogP contribution in [0, 0.1) is 5.92 Å². The molecule has 2 fully saturated rings. The van der Waals surface area contributed by atoms with Gasteiger partial charge < -0.3 is 14.8 Å². The second kappa shape index (κ2) is 7.95. The van der Waals surface area contributed by atoms with Gasteiger partial charge in [0.15, 0.2) is 0 Å². The molecule has 3 aromatic rings. The molecule has 29 heavy (non-hydrogen) atoms. The number of fused-ring (bicyclic) bond motifs is 1. The van der Waals surface area contributed by atoms with E-state index in [0.29, 0.717) is 24.4 Å². The first kappa shape index (κ1) is 18.3. The first-order valence-electron chi connectivity index (χ1n) is 10.4. The van der Waals surface area contributed by atoms with E-state index in [1.165, 1.54) is 12.0 Å². The largest absolute Gasteiger partial charge is 0.495 e. The molecule has 5 rings (SSSR count). The van der Waals surface area contributed by atoms with Crippen LogP contribution in [-0.4, -0.2) is 41.8 Å². The molecule has 3 atom stereocenters. The van der Waals surface area contributed by atoms with E-state index < -0.39 is 0 Å². The van der Waals surface area contributed by atoms with Crippen molar-refractivity contribution in [3.63, 3.8) is 0 Å². The van der Waals surface area contributed by atoms with Crippen LogP contribution in [0.5, 0.6) is 11.6 Å². The van der Waals surface area contributed by atoms with Gasteiger partial charge in [-0.1, -0.05) is 0 Å². The molecular formula is C23H26N4O2. The lowest BCUT2D eigenvalue weighted by Crippen LogP contribution is -2.28. The highest BCUT2D eigenvalue weighted by atomic mass is 16.5. The number of rotatable bonds is 6. The number of methoxy groups -OCH3 is 1. The number of hydrogen-bond acceptors (Lipinski definition) is 6. The van der Waals surface area contributed by atoms with Crippen LogP contribution in [0.25, 0.3) is 11.0 Å². The molecule has 0 spiro atoms. The minimum absolute atomic E-state index is 0.427. The number of aromatic nitrogens is 3. The molecule has 0 amide bonds. The van der Waals surface area contributed by atoms with Gasteiger partial charge in [-0.2, -0.15) is 0 Å². The van der Waals surface area contributed by atoms with Gasteiger partial charge >= 0.3 is 0 Å². The molecule has 0 aromatic carbocycles. The standard InChI is InChI=1S/C23H26N4O2/c1-28-17-6-7-20(26-13-17)18-10-16(18)14-29-23-19(15-4-2-8-24-12-15)11-22-21(27-23)5-3-9-25-22/h3,5-7,9,11,13,15-16,18,24H,2,4,8,10,12,14H2,1H3/t15?,16-,18?/m1/s1. The molecular weight excluding hydrogens is 364 g/mol. The van der Waals surface area contributed by atoms with Crippen LogP contribution in [0.3, 0.4) is 0 Å². The lowest BCUT2D eigenvalue weighted by molar-refractivity contribution is 0.279. The SMILES string of the molecule is COc1ccc(C2C[C@@H]2COc2nc3cccnc3cc2C2CCCNC2)nc1. The molecule has 1 aliphatic carbocycles. The third-order valence-corrected chi connectivity index (χ3v) is 6.05. The van der Waals surface area contributed by atoms with E-state index >= 15 is 0 Å². The van der Waals surface area contributed by atoms with E-state index in [-0.39, 0.29) is 0 Å². The van der Waals surface area contributed by atoms with E-state index in [1.54, 1.807) is 13.3 Å². The van der Waals surface area contributed by atoms with Crippen LogP contribution >= 0.6 is 0 Å². The molecule has 0 bridgehead atoms. The molecule has 0 radical (unpaired) electrons. The third kappa shape index (κ3) is 3.90. The zero-order valence-electron chi connectivity index (χ0n) is 16.7. The predicted octanol–water partition coefficient (Wildman–Crippen LogP) is 3.68. The van der Waals surface area contributed by atoms with Crippen LogP contribution in [0.4, 0.5) is 0 Å². The zero-order valence-corrected chi connectivity index (χ0v) is 16.7. The van der Waals surface area contributed by atoms with E-state index in [9.17, 15) is 0 Å². The average molecular weight is 390 g/mol. The Labute approximate surface area is 170 Å². The summed E-state index contributed by atoms with van der Waals surface area (Å²) in [5, 5.41) is 3.50. The Bertz CT molecular complexity index is 986. The van der Waals surface area contributed by atoms with Gasteiger partial charge in [-0.15, -0.1) is 0 Å². The van der Waals surface area contributed by atoms with Crippen molar-refractivity contribution in [1.29, 1.82) is 0 Å². The van der Waals surface area contributed by atoms with Gasteiger partial charge in [0.2, 0.25) is 5.88 Å². The van der Waals surface area contributed by atoms with Crippen molar-refractivity contribution < 1.29 is 9.47 Å². The third-order valence-electron chi connectivity index (χ3n) is 6.05. The van der Waals surface area contributed by atoms with E-state index in [4.69, 9.17) is 14.5 Å². The molecule has 2 unspecified atom stereocenters. The van der Waals surface area contributed by atoms with Gasteiger partial charge in [0.05, 0.1) is 30.9 Å². The highest BCUT2D eigenvalue weighted by Gasteiger charge is 2.40. The Hall–Kier alpha value is -2.73. The van der Waals surface area contributed by atoms with Crippen molar-refractivity contribution in [2.45, 2.75) is 31.1 Å².